The maximum absolute atomic E-state index is 11.8. The van der Waals surface area contributed by atoms with Crippen molar-refractivity contribution in [3.63, 3.8) is 0 Å². The minimum atomic E-state index is -5.05. The van der Waals surface area contributed by atoms with Gasteiger partial charge in [-0.2, -0.15) is 0 Å². The van der Waals surface area contributed by atoms with Crippen LogP contribution in [0.15, 0.2) is 72.8 Å². The van der Waals surface area contributed by atoms with E-state index in [4.69, 9.17) is 0 Å². The van der Waals surface area contributed by atoms with Crippen LogP contribution in [0.1, 0.15) is 27.0 Å². The van der Waals surface area contributed by atoms with Gasteiger partial charge in [0.2, 0.25) is 0 Å². The molecule has 3 aromatic carbocycles. The van der Waals surface area contributed by atoms with Gasteiger partial charge in [-0.1, -0.05) is 48.5 Å². The molecule has 0 aliphatic rings. The van der Waals surface area contributed by atoms with E-state index < -0.39 is 32.4 Å². The second-order valence-electron chi connectivity index (χ2n) is 6.58. The van der Waals surface area contributed by atoms with Crippen molar-refractivity contribution in [2.24, 2.45) is 0 Å². The Labute approximate surface area is 340 Å². The molecule has 0 radical (unpaired) electrons. The molecule has 0 unspecified atom stereocenters. The number of carbonyl (C=O) groups is 1. The van der Waals surface area contributed by atoms with Crippen LogP contribution in [0.4, 0.5) is 0 Å². The third-order valence-electron chi connectivity index (χ3n) is 4.48. The van der Waals surface area contributed by atoms with E-state index in [0.717, 1.165) is 24.3 Å². The normalized spacial score (nSPS) is 10.9. The SMILES string of the molecule is O.O=C([O-])c1ccccc1C(O)(c1ccc(OS(=O)(=O)[O-])cc1)c1ccc(OS(=O)(=O)[O-])cc1.[K+].[K+].[K+]. The van der Waals surface area contributed by atoms with Crippen molar-refractivity contribution >= 4 is 26.8 Å². The monoisotopic (exact) mass is 628 g/mol. The number of carboxylic acid groups (broad SMARTS) is 1. The Morgan fingerprint density at radius 2 is 1.05 bits per heavy atom. The van der Waals surface area contributed by atoms with Gasteiger partial charge in [0.15, 0.2) is 0 Å². The van der Waals surface area contributed by atoms with Crippen LogP contribution < -0.4 is 168 Å². The Kier molecular flexibility index (Phi) is 18.3. The smallest absolute Gasteiger partial charge is 0.716 e. The quantitative estimate of drug-likeness (QED) is 0.107. The number of rotatable bonds is 8. The van der Waals surface area contributed by atoms with Crippen LogP contribution in [0, 0.1) is 0 Å². The fraction of sp³-hybridized carbons (Fsp3) is 0.0500. The molecule has 0 amide bonds. The zero-order valence-corrected chi connectivity index (χ0v) is 30.8. The van der Waals surface area contributed by atoms with Crippen LogP contribution >= 0.6 is 0 Å². The number of hydrogen-bond donors (Lipinski definition) is 1. The van der Waals surface area contributed by atoms with Gasteiger partial charge in [-0.25, -0.2) is 16.8 Å². The van der Waals surface area contributed by atoms with Crippen molar-refractivity contribution in [3.8, 4) is 11.5 Å². The molecule has 3 rings (SSSR count). The van der Waals surface area contributed by atoms with Gasteiger partial charge in [-0.15, -0.1) is 0 Å². The van der Waals surface area contributed by atoms with Crippen molar-refractivity contribution in [1.29, 1.82) is 0 Å². The minimum absolute atomic E-state index is 0. The first-order chi connectivity index (χ1) is 15.3. The zero-order valence-electron chi connectivity index (χ0n) is 19.8. The largest absolute Gasteiger partial charge is 1.00 e. The summed E-state index contributed by atoms with van der Waals surface area (Å²) in [6.45, 7) is 0. The van der Waals surface area contributed by atoms with Gasteiger partial charge in [-0.3, -0.25) is 0 Å². The molecule has 0 spiro atoms. The maximum Gasteiger partial charge on any atom is 1.00 e. The molecule has 12 nitrogen and oxygen atoms in total. The molecule has 0 saturated carbocycles. The zero-order chi connectivity index (χ0) is 24.4. The number of carbonyl (C=O) groups excluding carboxylic acids is 1. The number of benzene rings is 3. The summed E-state index contributed by atoms with van der Waals surface area (Å²) in [4.78, 5) is 11.7. The van der Waals surface area contributed by atoms with Crippen molar-refractivity contribution < 1.29 is 209 Å². The fourth-order valence-electron chi connectivity index (χ4n) is 3.19. The second kappa shape index (κ2) is 16.7. The summed E-state index contributed by atoms with van der Waals surface area (Å²) in [7, 11) is -10.1. The first-order valence-electron chi connectivity index (χ1n) is 8.84. The average Bonchev–Trinajstić information content (AvgIpc) is 2.72. The first kappa shape index (κ1) is 40.5. The minimum Gasteiger partial charge on any atom is -0.716 e. The summed E-state index contributed by atoms with van der Waals surface area (Å²) in [5, 5.41) is 23.5. The van der Waals surface area contributed by atoms with Gasteiger partial charge in [0.25, 0.3) is 20.8 Å². The van der Waals surface area contributed by atoms with E-state index in [-0.39, 0.29) is 193 Å². The van der Waals surface area contributed by atoms with E-state index in [0.29, 0.717) is 0 Å². The summed E-state index contributed by atoms with van der Waals surface area (Å²) in [5.74, 6) is -2.30. The van der Waals surface area contributed by atoms with Crippen molar-refractivity contribution in [2.75, 3.05) is 0 Å². The van der Waals surface area contributed by atoms with E-state index in [2.05, 4.69) is 8.37 Å². The Morgan fingerprint density at radius 3 is 1.38 bits per heavy atom. The predicted molar refractivity (Wildman–Crippen MR) is 110 cm³/mol. The second-order valence-corrected chi connectivity index (χ2v) is 8.54. The molecule has 37 heavy (non-hydrogen) atoms. The van der Waals surface area contributed by atoms with Crippen LogP contribution in [0.2, 0.25) is 0 Å². The van der Waals surface area contributed by atoms with Crippen molar-refractivity contribution in [2.45, 2.75) is 5.60 Å². The Morgan fingerprint density at radius 1 is 0.703 bits per heavy atom. The molecular formula is C20H15K3O12S2. The predicted octanol–water partition coefficient (Wildman–Crippen LogP) is -9.80. The maximum atomic E-state index is 11.8. The summed E-state index contributed by atoms with van der Waals surface area (Å²) in [5.41, 5.74) is -2.65. The van der Waals surface area contributed by atoms with E-state index in [1.54, 1.807) is 0 Å². The molecule has 0 heterocycles. The van der Waals surface area contributed by atoms with Crippen LogP contribution in [0.3, 0.4) is 0 Å². The number of aliphatic hydroxyl groups is 1. The van der Waals surface area contributed by atoms with Crippen LogP contribution in [-0.4, -0.2) is 42.5 Å². The molecule has 0 saturated heterocycles. The van der Waals surface area contributed by atoms with E-state index in [9.17, 15) is 40.9 Å². The van der Waals surface area contributed by atoms with Crippen LogP contribution in [-0.2, 0) is 26.4 Å². The summed E-state index contributed by atoms with van der Waals surface area (Å²) in [6.07, 6.45) is 0. The van der Waals surface area contributed by atoms with Crippen LogP contribution in [0.5, 0.6) is 11.5 Å². The van der Waals surface area contributed by atoms with E-state index in [1.807, 2.05) is 0 Å². The van der Waals surface area contributed by atoms with Gasteiger partial charge in [0.05, 0.1) is 5.97 Å². The molecule has 0 aliphatic carbocycles. The van der Waals surface area contributed by atoms with Gasteiger partial charge in [0, 0.05) is 11.1 Å². The molecule has 0 fully saturated rings. The van der Waals surface area contributed by atoms with Gasteiger partial charge >= 0.3 is 154 Å². The molecule has 0 bridgehead atoms. The molecule has 182 valence electrons. The number of carboxylic acids is 1. The fourth-order valence-corrected chi connectivity index (χ4v) is 3.89. The number of hydrogen-bond acceptors (Lipinski definition) is 11. The molecular weight excluding hydrogens is 614 g/mol. The summed E-state index contributed by atoms with van der Waals surface area (Å²) in [6, 6.07) is 14.4. The Balaban J connectivity index is 0. The molecule has 3 aromatic rings. The van der Waals surface area contributed by atoms with Gasteiger partial charge in [-0.05, 0) is 35.4 Å². The van der Waals surface area contributed by atoms with Gasteiger partial charge < -0.3 is 38.0 Å². The first-order valence-corrected chi connectivity index (χ1v) is 11.5. The number of aromatic carboxylic acids is 1. The molecule has 0 aliphatic heterocycles. The molecule has 0 atom stereocenters. The summed E-state index contributed by atoms with van der Waals surface area (Å²) < 4.78 is 73.3. The van der Waals surface area contributed by atoms with Gasteiger partial charge in [0.1, 0.15) is 17.1 Å². The molecule has 0 aromatic heterocycles. The average molecular weight is 629 g/mol. The Hall–Kier alpha value is 1.38. The Bertz CT molecular complexity index is 1320. The molecule has 17 heteroatoms. The van der Waals surface area contributed by atoms with Crippen molar-refractivity contribution in [1.82, 2.24) is 0 Å². The third kappa shape index (κ3) is 11.3. The van der Waals surface area contributed by atoms with E-state index >= 15 is 0 Å². The van der Waals surface area contributed by atoms with E-state index in [1.165, 1.54) is 48.5 Å². The topological polar surface area (TPSA) is 225 Å². The summed E-state index contributed by atoms with van der Waals surface area (Å²) >= 11 is 0. The van der Waals surface area contributed by atoms with Crippen molar-refractivity contribution in [3.05, 3.63) is 95.1 Å². The third-order valence-corrected chi connectivity index (χ3v) is 5.27. The van der Waals surface area contributed by atoms with Crippen LogP contribution in [0.25, 0.3) is 0 Å². The standard InChI is InChI=1S/C20H16O11S2.3K.H2O/c21-19(22)17-3-1-2-4-18(17)20(23,13-5-9-15(10-6-13)30-32(24,25)26)14-7-11-16(12-8-14)31-33(27,28)29;;;;/h1-12,23H,(H,21,22)(H,24,25,26)(H,27,28,29);;;;1H2/q;3*+1;/p-3. The molecule has 3 N–H and O–H groups in total.